The van der Waals surface area contributed by atoms with Crippen molar-refractivity contribution in [1.82, 2.24) is 10.0 Å². The summed E-state index contributed by atoms with van der Waals surface area (Å²) in [6, 6.07) is 8.62. The van der Waals surface area contributed by atoms with E-state index in [1.54, 1.807) is 24.3 Å². The van der Waals surface area contributed by atoms with Gasteiger partial charge in [-0.25, -0.2) is 13.1 Å². The van der Waals surface area contributed by atoms with Crippen LogP contribution in [-0.2, 0) is 23.1 Å². The summed E-state index contributed by atoms with van der Waals surface area (Å²) in [6.45, 7) is 5.63. The molecule has 2 N–H and O–H groups in total. The first-order valence-electron chi connectivity index (χ1n) is 6.85. The van der Waals surface area contributed by atoms with Gasteiger partial charge in [0.25, 0.3) is 0 Å². The maximum atomic E-state index is 12.3. The predicted octanol–water partition coefficient (Wildman–Crippen LogP) is 2.18. The monoisotopic (exact) mass is 308 g/mol. The van der Waals surface area contributed by atoms with Crippen LogP contribution in [0.15, 0.2) is 45.9 Å². The molecule has 2 aromatic rings. The van der Waals surface area contributed by atoms with Crippen molar-refractivity contribution in [3.8, 4) is 0 Å². The summed E-state index contributed by atoms with van der Waals surface area (Å²) in [5.41, 5.74) is 2.05. The van der Waals surface area contributed by atoms with E-state index in [9.17, 15) is 8.42 Å². The summed E-state index contributed by atoms with van der Waals surface area (Å²) >= 11 is 0. The molecule has 0 atom stereocenters. The van der Waals surface area contributed by atoms with E-state index in [4.69, 9.17) is 4.42 Å². The lowest BCUT2D eigenvalue weighted by atomic mass is 10.1. The van der Waals surface area contributed by atoms with Crippen molar-refractivity contribution in [3.05, 3.63) is 53.5 Å². The highest BCUT2D eigenvalue weighted by molar-refractivity contribution is 7.89. The van der Waals surface area contributed by atoms with Crippen molar-refractivity contribution in [3.63, 3.8) is 0 Å². The van der Waals surface area contributed by atoms with Gasteiger partial charge in [0.1, 0.15) is 5.76 Å². The van der Waals surface area contributed by atoms with E-state index in [0.717, 1.165) is 17.7 Å². The van der Waals surface area contributed by atoms with Gasteiger partial charge >= 0.3 is 0 Å². The topological polar surface area (TPSA) is 71.3 Å². The molecule has 1 heterocycles. The SMILES string of the molecule is CCNCc1cc(S(=O)(=O)NCc2ccco2)ccc1C. The van der Waals surface area contributed by atoms with E-state index in [0.29, 0.717) is 12.3 Å². The molecule has 6 heteroatoms. The van der Waals surface area contributed by atoms with Crippen molar-refractivity contribution in [2.45, 2.75) is 31.8 Å². The van der Waals surface area contributed by atoms with E-state index in [-0.39, 0.29) is 11.4 Å². The molecule has 5 nitrogen and oxygen atoms in total. The lowest BCUT2D eigenvalue weighted by Crippen LogP contribution is -2.23. The summed E-state index contributed by atoms with van der Waals surface area (Å²) < 4.78 is 32.2. The summed E-state index contributed by atoms with van der Waals surface area (Å²) in [5.74, 6) is 0.582. The quantitative estimate of drug-likeness (QED) is 0.822. The predicted molar refractivity (Wildman–Crippen MR) is 81.3 cm³/mol. The van der Waals surface area contributed by atoms with E-state index in [2.05, 4.69) is 10.0 Å². The van der Waals surface area contributed by atoms with Crippen LogP contribution in [0.2, 0.25) is 0 Å². The highest BCUT2D eigenvalue weighted by Crippen LogP contribution is 2.16. The Kier molecular flexibility index (Phi) is 5.17. The fourth-order valence-electron chi connectivity index (χ4n) is 1.93. The third-order valence-corrected chi connectivity index (χ3v) is 4.61. The zero-order chi connectivity index (χ0) is 15.3. The Bertz CT molecular complexity index is 679. The summed E-state index contributed by atoms with van der Waals surface area (Å²) in [7, 11) is -3.54. The van der Waals surface area contributed by atoms with Gasteiger partial charge in [0, 0.05) is 6.54 Å². The molecule has 2 rings (SSSR count). The summed E-state index contributed by atoms with van der Waals surface area (Å²) in [6.07, 6.45) is 1.52. The second-order valence-electron chi connectivity index (χ2n) is 4.77. The maximum Gasteiger partial charge on any atom is 0.240 e. The van der Waals surface area contributed by atoms with Crippen LogP contribution in [-0.4, -0.2) is 15.0 Å². The third-order valence-electron chi connectivity index (χ3n) is 3.21. The van der Waals surface area contributed by atoms with E-state index in [1.807, 2.05) is 19.9 Å². The Balaban J connectivity index is 2.15. The van der Waals surface area contributed by atoms with Gasteiger partial charge in [-0.1, -0.05) is 13.0 Å². The molecule has 0 fully saturated rings. The van der Waals surface area contributed by atoms with Crippen LogP contribution in [0.3, 0.4) is 0 Å². The molecule has 0 amide bonds. The van der Waals surface area contributed by atoms with Crippen LogP contribution in [0.5, 0.6) is 0 Å². The number of rotatable bonds is 7. The molecular weight excluding hydrogens is 288 g/mol. The molecule has 0 unspecified atom stereocenters. The zero-order valence-electron chi connectivity index (χ0n) is 12.2. The van der Waals surface area contributed by atoms with Crippen LogP contribution >= 0.6 is 0 Å². The number of hydrogen-bond donors (Lipinski definition) is 2. The fraction of sp³-hybridized carbons (Fsp3) is 0.333. The zero-order valence-corrected chi connectivity index (χ0v) is 13.0. The van der Waals surface area contributed by atoms with Crippen LogP contribution in [0.4, 0.5) is 0 Å². The lowest BCUT2D eigenvalue weighted by molar-refractivity contribution is 0.498. The number of nitrogens with one attached hydrogen (secondary N) is 2. The first-order valence-corrected chi connectivity index (χ1v) is 8.33. The van der Waals surface area contributed by atoms with E-state index in [1.165, 1.54) is 6.26 Å². The van der Waals surface area contributed by atoms with E-state index < -0.39 is 10.0 Å². The highest BCUT2D eigenvalue weighted by atomic mass is 32.2. The summed E-state index contributed by atoms with van der Waals surface area (Å²) in [4.78, 5) is 0.271. The molecule has 0 saturated heterocycles. The Morgan fingerprint density at radius 1 is 1.19 bits per heavy atom. The van der Waals surface area contributed by atoms with Gasteiger partial charge in [-0.2, -0.15) is 0 Å². The van der Waals surface area contributed by atoms with Gasteiger partial charge in [0.2, 0.25) is 10.0 Å². The average Bonchev–Trinajstić information content (AvgIpc) is 2.97. The van der Waals surface area contributed by atoms with Crippen molar-refractivity contribution in [2.24, 2.45) is 0 Å². The molecule has 0 spiro atoms. The van der Waals surface area contributed by atoms with Gasteiger partial charge < -0.3 is 9.73 Å². The molecule has 0 aliphatic rings. The van der Waals surface area contributed by atoms with Gasteiger partial charge in [-0.05, 0) is 48.9 Å². The number of benzene rings is 1. The standard InChI is InChI=1S/C15H20N2O3S/c1-3-16-10-13-9-15(7-6-12(13)2)21(18,19)17-11-14-5-4-8-20-14/h4-9,16-17H,3,10-11H2,1-2H3. The third kappa shape index (κ3) is 4.17. The Morgan fingerprint density at radius 2 is 2.00 bits per heavy atom. The second-order valence-corrected chi connectivity index (χ2v) is 6.54. The van der Waals surface area contributed by atoms with Gasteiger partial charge in [-0.15, -0.1) is 0 Å². The van der Waals surface area contributed by atoms with Gasteiger partial charge in [0.15, 0.2) is 0 Å². The normalized spacial score (nSPS) is 11.7. The summed E-state index contributed by atoms with van der Waals surface area (Å²) in [5, 5.41) is 3.21. The second kappa shape index (κ2) is 6.89. The number of sulfonamides is 1. The molecule has 21 heavy (non-hydrogen) atoms. The van der Waals surface area contributed by atoms with Crippen molar-refractivity contribution < 1.29 is 12.8 Å². The first-order chi connectivity index (χ1) is 10.0. The van der Waals surface area contributed by atoms with Gasteiger partial charge in [-0.3, -0.25) is 0 Å². The maximum absolute atomic E-state index is 12.3. The average molecular weight is 308 g/mol. The molecule has 114 valence electrons. The van der Waals surface area contributed by atoms with E-state index >= 15 is 0 Å². The molecule has 0 aliphatic heterocycles. The number of hydrogen-bond acceptors (Lipinski definition) is 4. The molecule has 0 bridgehead atoms. The van der Waals surface area contributed by atoms with Crippen LogP contribution in [0, 0.1) is 6.92 Å². The van der Waals surface area contributed by atoms with Crippen molar-refractivity contribution in [2.75, 3.05) is 6.54 Å². The first kappa shape index (κ1) is 15.8. The Morgan fingerprint density at radius 3 is 2.67 bits per heavy atom. The molecular formula is C15H20N2O3S. The van der Waals surface area contributed by atoms with Crippen molar-refractivity contribution >= 4 is 10.0 Å². The van der Waals surface area contributed by atoms with Crippen molar-refractivity contribution in [1.29, 1.82) is 0 Å². The van der Waals surface area contributed by atoms with Crippen LogP contribution in [0.25, 0.3) is 0 Å². The fourth-order valence-corrected chi connectivity index (χ4v) is 2.97. The van der Waals surface area contributed by atoms with Crippen LogP contribution in [0.1, 0.15) is 23.8 Å². The Hall–Kier alpha value is -1.63. The van der Waals surface area contributed by atoms with Crippen LogP contribution < -0.4 is 10.0 Å². The largest absolute Gasteiger partial charge is 0.468 e. The molecule has 0 aliphatic carbocycles. The lowest BCUT2D eigenvalue weighted by Gasteiger charge is -2.10. The van der Waals surface area contributed by atoms with Gasteiger partial charge in [0.05, 0.1) is 17.7 Å². The number of aryl methyl sites for hydroxylation is 1. The minimum absolute atomic E-state index is 0.145. The molecule has 0 saturated carbocycles. The minimum atomic E-state index is -3.54. The minimum Gasteiger partial charge on any atom is -0.468 e. The molecule has 1 aromatic heterocycles. The molecule has 0 radical (unpaired) electrons. The highest BCUT2D eigenvalue weighted by Gasteiger charge is 2.15. The molecule has 1 aromatic carbocycles. The number of furan rings is 1. The smallest absolute Gasteiger partial charge is 0.240 e. The Labute approximate surface area is 125 Å².